The standard InChI is InChI=1S/C14H11BrCl2FN/c1-8(10-3-2-4-11(16)14(10)17)19-13-6-5-9(15)7-12(13)18/h2-8,19H,1H3. The highest BCUT2D eigenvalue weighted by atomic mass is 79.9. The second-order valence-corrected chi connectivity index (χ2v) is 5.83. The molecular weight excluding hydrogens is 352 g/mol. The van der Waals surface area contributed by atoms with Crippen LogP contribution in [0.25, 0.3) is 0 Å². The zero-order chi connectivity index (χ0) is 14.0. The summed E-state index contributed by atoms with van der Waals surface area (Å²) in [6.45, 7) is 1.90. The number of hydrogen-bond donors (Lipinski definition) is 1. The minimum Gasteiger partial charge on any atom is -0.376 e. The quantitative estimate of drug-likeness (QED) is 0.698. The Bertz CT molecular complexity index is 604. The Morgan fingerprint density at radius 1 is 1.21 bits per heavy atom. The number of rotatable bonds is 3. The SMILES string of the molecule is CC(Nc1ccc(Br)cc1F)c1cccc(Cl)c1Cl. The van der Waals surface area contributed by atoms with E-state index in [0.29, 0.717) is 20.2 Å². The first-order valence-corrected chi connectivity index (χ1v) is 7.19. The Labute approximate surface area is 129 Å². The molecule has 0 bridgehead atoms. The summed E-state index contributed by atoms with van der Waals surface area (Å²) in [6, 6.07) is 10.1. The molecule has 0 heterocycles. The molecule has 0 amide bonds. The lowest BCUT2D eigenvalue weighted by molar-refractivity contribution is 0.626. The molecule has 0 aliphatic rings. The summed E-state index contributed by atoms with van der Waals surface area (Å²) in [6.07, 6.45) is 0. The van der Waals surface area contributed by atoms with E-state index in [2.05, 4.69) is 21.2 Å². The Morgan fingerprint density at radius 3 is 2.63 bits per heavy atom. The highest BCUT2D eigenvalue weighted by molar-refractivity contribution is 9.10. The molecule has 5 heteroatoms. The van der Waals surface area contributed by atoms with Crippen molar-refractivity contribution >= 4 is 44.8 Å². The molecule has 0 aliphatic heterocycles. The number of benzene rings is 2. The molecule has 0 saturated heterocycles. The van der Waals surface area contributed by atoms with Gasteiger partial charge in [-0.05, 0) is 36.8 Å². The van der Waals surface area contributed by atoms with E-state index in [9.17, 15) is 4.39 Å². The van der Waals surface area contributed by atoms with Gasteiger partial charge in [0.2, 0.25) is 0 Å². The highest BCUT2D eigenvalue weighted by Gasteiger charge is 2.13. The van der Waals surface area contributed by atoms with Crippen LogP contribution in [0.5, 0.6) is 0 Å². The molecular formula is C14H11BrCl2FN. The van der Waals surface area contributed by atoms with E-state index in [-0.39, 0.29) is 11.9 Å². The van der Waals surface area contributed by atoms with Gasteiger partial charge in [0.15, 0.2) is 0 Å². The zero-order valence-electron chi connectivity index (χ0n) is 10.1. The van der Waals surface area contributed by atoms with Gasteiger partial charge in [0.05, 0.1) is 21.8 Å². The summed E-state index contributed by atoms with van der Waals surface area (Å²) in [4.78, 5) is 0. The molecule has 0 fully saturated rings. The van der Waals surface area contributed by atoms with E-state index in [1.54, 1.807) is 18.2 Å². The Morgan fingerprint density at radius 2 is 1.95 bits per heavy atom. The Kier molecular flexibility index (Phi) is 4.71. The molecule has 19 heavy (non-hydrogen) atoms. The first kappa shape index (κ1) is 14.6. The van der Waals surface area contributed by atoms with E-state index in [0.717, 1.165) is 5.56 Å². The van der Waals surface area contributed by atoms with Crippen LogP contribution >= 0.6 is 39.1 Å². The maximum atomic E-state index is 13.8. The molecule has 1 atom stereocenters. The number of hydrogen-bond acceptors (Lipinski definition) is 1. The summed E-state index contributed by atoms with van der Waals surface area (Å²) < 4.78 is 14.5. The fourth-order valence-electron chi connectivity index (χ4n) is 1.77. The monoisotopic (exact) mass is 361 g/mol. The normalized spacial score (nSPS) is 12.3. The first-order valence-electron chi connectivity index (χ1n) is 5.64. The van der Waals surface area contributed by atoms with Crippen LogP contribution in [0.3, 0.4) is 0 Å². The van der Waals surface area contributed by atoms with Gasteiger partial charge in [0, 0.05) is 4.47 Å². The van der Waals surface area contributed by atoms with E-state index in [1.807, 2.05) is 19.1 Å². The third-order valence-corrected chi connectivity index (χ3v) is 4.08. The summed E-state index contributed by atoms with van der Waals surface area (Å²) in [7, 11) is 0. The fraction of sp³-hybridized carbons (Fsp3) is 0.143. The number of nitrogens with one attached hydrogen (secondary N) is 1. The molecule has 2 aromatic carbocycles. The van der Waals surface area contributed by atoms with Crippen molar-refractivity contribution in [1.82, 2.24) is 0 Å². The third kappa shape index (κ3) is 3.41. The summed E-state index contributed by atoms with van der Waals surface area (Å²) in [5.41, 5.74) is 1.25. The van der Waals surface area contributed by atoms with Crippen LogP contribution in [-0.4, -0.2) is 0 Å². The van der Waals surface area contributed by atoms with Crippen molar-refractivity contribution in [1.29, 1.82) is 0 Å². The lowest BCUT2D eigenvalue weighted by Crippen LogP contribution is -2.08. The molecule has 1 N–H and O–H groups in total. The average molecular weight is 363 g/mol. The highest BCUT2D eigenvalue weighted by Crippen LogP contribution is 2.32. The minimum absolute atomic E-state index is 0.151. The third-order valence-electron chi connectivity index (χ3n) is 2.75. The average Bonchev–Trinajstić information content (AvgIpc) is 2.36. The van der Waals surface area contributed by atoms with Crippen molar-refractivity contribution in [2.75, 3.05) is 5.32 Å². The Balaban J connectivity index is 2.25. The van der Waals surface area contributed by atoms with Crippen molar-refractivity contribution < 1.29 is 4.39 Å². The molecule has 100 valence electrons. The molecule has 0 saturated carbocycles. The molecule has 2 aromatic rings. The second-order valence-electron chi connectivity index (χ2n) is 4.13. The lowest BCUT2D eigenvalue weighted by Gasteiger charge is -2.18. The van der Waals surface area contributed by atoms with Gasteiger partial charge in [-0.1, -0.05) is 51.3 Å². The van der Waals surface area contributed by atoms with Crippen molar-refractivity contribution in [2.45, 2.75) is 13.0 Å². The summed E-state index contributed by atoms with van der Waals surface area (Å²) in [5.74, 6) is -0.320. The predicted octanol–water partition coefficient (Wildman–Crippen LogP) is 6.07. The summed E-state index contributed by atoms with van der Waals surface area (Å²) >= 11 is 15.3. The van der Waals surface area contributed by atoms with Crippen molar-refractivity contribution in [3.8, 4) is 0 Å². The van der Waals surface area contributed by atoms with Gasteiger partial charge in [0.1, 0.15) is 5.82 Å². The molecule has 1 unspecified atom stereocenters. The number of halogens is 4. The topological polar surface area (TPSA) is 12.0 Å². The van der Waals surface area contributed by atoms with Crippen molar-refractivity contribution in [3.63, 3.8) is 0 Å². The summed E-state index contributed by atoms with van der Waals surface area (Å²) in [5, 5.41) is 4.06. The smallest absolute Gasteiger partial charge is 0.147 e. The van der Waals surface area contributed by atoms with Crippen LogP contribution in [0, 0.1) is 5.82 Å². The molecule has 0 aliphatic carbocycles. The first-order chi connectivity index (χ1) is 8.99. The molecule has 1 nitrogen and oxygen atoms in total. The predicted molar refractivity (Wildman–Crippen MR) is 82.6 cm³/mol. The van der Waals surface area contributed by atoms with E-state index in [1.165, 1.54) is 6.07 Å². The fourth-order valence-corrected chi connectivity index (χ4v) is 2.58. The van der Waals surface area contributed by atoms with Gasteiger partial charge in [-0.15, -0.1) is 0 Å². The van der Waals surface area contributed by atoms with Gasteiger partial charge in [0.25, 0.3) is 0 Å². The largest absolute Gasteiger partial charge is 0.376 e. The molecule has 0 spiro atoms. The van der Waals surface area contributed by atoms with Crippen LogP contribution in [0.15, 0.2) is 40.9 Å². The molecule has 0 radical (unpaired) electrons. The molecule has 0 aromatic heterocycles. The van der Waals surface area contributed by atoms with Gasteiger partial charge in [-0.25, -0.2) is 4.39 Å². The zero-order valence-corrected chi connectivity index (χ0v) is 13.2. The van der Waals surface area contributed by atoms with Crippen LogP contribution < -0.4 is 5.32 Å². The lowest BCUT2D eigenvalue weighted by atomic mass is 10.1. The van der Waals surface area contributed by atoms with Crippen molar-refractivity contribution in [2.24, 2.45) is 0 Å². The van der Waals surface area contributed by atoms with Crippen LogP contribution in [0.2, 0.25) is 10.0 Å². The van der Waals surface area contributed by atoms with Gasteiger partial charge in [-0.2, -0.15) is 0 Å². The Hall–Kier alpha value is -0.770. The molecule has 2 rings (SSSR count). The van der Waals surface area contributed by atoms with E-state index < -0.39 is 0 Å². The van der Waals surface area contributed by atoms with Crippen LogP contribution in [0.1, 0.15) is 18.5 Å². The van der Waals surface area contributed by atoms with E-state index in [4.69, 9.17) is 23.2 Å². The van der Waals surface area contributed by atoms with Crippen LogP contribution in [-0.2, 0) is 0 Å². The van der Waals surface area contributed by atoms with Crippen molar-refractivity contribution in [3.05, 3.63) is 62.3 Å². The van der Waals surface area contributed by atoms with E-state index >= 15 is 0 Å². The van der Waals surface area contributed by atoms with Gasteiger partial charge in [-0.3, -0.25) is 0 Å². The number of anilines is 1. The second kappa shape index (κ2) is 6.12. The van der Waals surface area contributed by atoms with Gasteiger partial charge >= 0.3 is 0 Å². The van der Waals surface area contributed by atoms with Crippen LogP contribution in [0.4, 0.5) is 10.1 Å². The maximum absolute atomic E-state index is 13.8. The van der Waals surface area contributed by atoms with Gasteiger partial charge < -0.3 is 5.32 Å². The maximum Gasteiger partial charge on any atom is 0.147 e. The minimum atomic E-state index is -0.320.